The Morgan fingerprint density at radius 1 is 1.23 bits per heavy atom. The van der Waals surface area contributed by atoms with Gasteiger partial charge in [0.05, 0.1) is 17.2 Å². The molecule has 3 aromatic rings. The summed E-state index contributed by atoms with van der Waals surface area (Å²) in [6.45, 7) is 4.33. The molecule has 2 aromatic carbocycles. The van der Waals surface area contributed by atoms with Crippen molar-refractivity contribution in [1.82, 2.24) is 10.2 Å². The fourth-order valence-electron chi connectivity index (χ4n) is 3.82. The summed E-state index contributed by atoms with van der Waals surface area (Å²) in [7, 11) is 0. The lowest BCUT2D eigenvalue weighted by Gasteiger charge is -2.25. The average Bonchev–Trinajstić information content (AvgIpc) is 3.11. The van der Waals surface area contributed by atoms with Crippen LogP contribution in [0.5, 0.6) is 5.88 Å². The topological polar surface area (TPSA) is 87.7 Å². The Hall–Kier alpha value is -3.30. The molecule has 4 rings (SSSR count). The van der Waals surface area contributed by atoms with Crippen LogP contribution in [0.25, 0.3) is 11.3 Å². The van der Waals surface area contributed by atoms with Gasteiger partial charge in [0.15, 0.2) is 0 Å². The predicted molar refractivity (Wildman–Crippen MR) is 113 cm³/mol. The smallest absolute Gasteiger partial charge is 0.244 e. The Kier molecular flexibility index (Phi) is 5.23. The second-order valence-corrected chi connectivity index (χ2v) is 8.08. The number of hydrogen-bond acceptors (Lipinski definition) is 4. The molecule has 2 heterocycles. The molecular weight excluding hydrogens is 403 g/mol. The number of benzene rings is 2. The lowest BCUT2D eigenvalue weighted by molar-refractivity contribution is 0.378. The summed E-state index contributed by atoms with van der Waals surface area (Å²) in [5.74, 6) is -0.725. The van der Waals surface area contributed by atoms with Crippen molar-refractivity contribution < 1.29 is 9.13 Å². The van der Waals surface area contributed by atoms with Crippen LogP contribution < -0.4 is 10.5 Å². The van der Waals surface area contributed by atoms with Crippen LogP contribution in [0.3, 0.4) is 0 Å². The summed E-state index contributed by atoms with van der Waals surface area (Å²) in [6, 6.07) is 14.5. The predicted octanol–water partition coefficient (Wildman–Crippen LogP) is 5.29. The molecule has 0 bridgehead atoms. The van der Waals surface area contributed by atoms with Crippen molar-refractivity contribution in [3.8, 4) is 23.2 Å². The molecule has 0 saturated carbocycles. The zero-order valence-electron chi connectivity index (χ0n) is 16.5. The minimum Gasteiger partial charge on any atom is -0.420 e. The Balaban J connectivity index is 1.89. The van der Waals surface area contributed by atoms with Crippen molar-refractivity contribution in [2.45, 2.75) is 26.2 Å². The highest BCUT2D eigenvalue weighted by molar-refractivity contribution is 6.31. The molecule has 0 saturated heterocycles. The van der Waals surface area contributed by atoms with Crippen LogP contribution in [0, 0.1) is 23.1 Å². The highest BCUT2D eigenvalue weighted by Gasteiger charge is 2.38. The third kappa shape index (κ3) is 3.42. The van der Waals surface area contributed by atoms with Crippen LogP contribution in [0.2, 0.25) is 5.02 Å². The van der Waals surface area contributed by atoms with Crippen molar-refractivity contribution in [3.63, 3.8) is 0 Å². The molecule has 1 aliphatic heterocycles. The molecule has 1 aromatic heterocycles. The number of rotatable bonds is 4. The van der Waals surface area contributed by atoms with E-state index in [0.717, 1.165) is 12.0 Å². The summed E-state index contributed by atoms with van der Waals surface area (Å²) in [6.07, 6.45) is 0.968. The summed E-state index contributed by atoms with van der Waals surface area (Å²) in [4.78, 5) is 0. The second kappa shape index (κ2) is 7.85. The van der Waals surface area contributed by atoms with E-state index in [2.05, 4.69) is 30.1 Å². The monoisotopic (exact) mass is 422 g/mol. The highest BCUT2D eigenvalue weighted by Crippen LogP contribution is 2.47. The van der Waals surface area contributed by atoms with Crippen molar-refractivity contribution in [1.29, 1.82) is 5.26 Å². The molecule has 7 heteroatoms. The number of aromatic nitrogens is 2. The van der Waals surface area contributed by atoms with Crippen molar-refractivity contribution >= 4 is 11.6 Å². The van der Waals surface area contributed by atoms with E-state index in [4.69, 9.17) is 22.1 Å². The van der Waals surface area contributed by atoms with Gasteiger partial charge in [-0.3, -0.25) is 5.10 Å². The molecule has 0 spiro atoms. The fraction of sp³-hybridized carbons (Fsp3) is 0.217. The summed E-state index contributed by atoms with van der Waals surface area (Å²) in [5, 5.41) is 17.1. The van der Waals surface area contributed by atoms with Crippen LogP contribution in [0.15, 0.2) is 53.9 Å². The molecule has 0 amide bonds. The Morgan fingerprint density at radius 3 is 2.60 bits per heavy atom. The minimum absolute atomic E-state index is 0.0913. The van der Waals surface area contributed by atoms with Gasteiger partial charge < -0.3 is 10.5 Å². The number of nitrogens with one attached hydrogen (secondary N) is 1. The van der Waals surface area contributed by atoms with Crippen LogP contribution in [0.1, 0.15) is 36.5 Å². The molecule has 1 atom stereocenters. The third-order valence-corrected chi connectivity index (χ3v) is 5.44. The molecule has 1 aliphatic rings. The van der Waals surface area contributed by atoms with E-state index >= 15 is 0 Å². The quantitative estimate of drug-likeness (QED) is 0.598. The molecule has 152 valence electrons. The van der Waals surface area contributed by atoms with Crippen molar-refractivity contribution in [2.75, 3.05) is 0 Å². The molecule has 3 N–H and O–H groups in total. The zero-order valence-corrected chi connectivity index (χ0v) is 17.3. The van der Waals surface area contributed by atoms with E-state index in [9.17, 15) is 9.65 Å². The number of nitrogens with two attached hydrogens (primary N) is 1. The van der Waals surface area contributed by atoms with Gasteiger partial charge in [0.1, 0.15) is 17.5 Å². The van der Waals surface area contributed by atoms with Gasteiger partial charge in [-0.15, -0.1) is 5.10 Å². The zero-order chi connectivity index (χ0) is 21.4. The first kappa shape index (κ1) is 20.0. The number of H-pyrrole nitrogens is 1. The van der Waals surface area contributed by atoms with E-state index < -0.39 is 11.7 Å². The number of allylic oxidation sites excluding steroid dienone is 1. The first-order valence-corrected chi connectivity index (χ1v) is 9.97. The fourth-order valence-corrected chi connectivity index (χ4v) is 4.09. The van der Waals surface area contributed by atoms with Gasteiger partial charge in [0.25, 0.3) is 0 Å². The summed E-state index contributed by atoms with van der Waals surface area (Å²) >= 11 is 6.35. The lowest BCUT2D eigenvalue weighted by Crippen LogP contribution is -2.21. The normalized spacial score (nSPS) is 15.7. The van der Waals surface area contributed by atoms with Gasteiger partial charge in [-0.25, -0.2) is 4.39 Å². The van der Waals surface area contributed by atoms with Crippen LogP contribution >= 0.6 is 11.6 Å². The first-order chi connectivity index (χ1) is 14.4. The standard InChI is InChI=1S/C23H20ClFN4O/c1-12(2)10-13-6-8-14(9-7-13)21-20-18(19-16(24)4-3-5-17(19)25)15(11-26)22(27)30-23(20)29-28-21/h3-9,12,18H,10,27H2,1-2H3,(H,28,29). The van der Waals surface area contributed by atoms with Crippen LogP contribution in [-0.4, -0.2) is 10.2 Å². The number of halogens is 2. The highest BCUT2D eigenvalue weighted by atomic mass is 35.5. The number of hydrogen-bond donors (Lipinski definition) is 2. The largest absolute Gasteiger partial charge is 0.420 e. The van der Waals surface area contributed by atoms with Gasteiger partial charge in [-0.1, -0.05) is 55.8 Å². The van der Waals surface area contributed by atoms with E-state index in [1.54, 1.807) is 6.07 Å². The van der Waals surface area contributed by atoms with E-state index in [1.807, 2.05) is 24.3 Å². The molecule has 0 fully saturated rings. The average molecular weight is 423 g/mol. The van der Waals surface area contributed by atoms with Gasteiger partial charge in [-0.05, 0) is 30.0 Å². The van der Waals surface area contributed by atoms with Crippen LogP contribution in [0.4, 0.5) is 4.39 Å². The number of aromatic amines is 1. The third-order valence-electron chi connectivity index (χ3n) is 5.11. The van der Waals surface area contributed by atoms with E-state index in [-0.39, 0.29) is 27.9 Å². The number of fused-ring (bicyclic) bond motifs is 1. The maximum atomic E-state index is 14.9. The summed E-state index contributed by atoms with van der Waals surface area (Å²) < 4.78 is 20.4. The molecular formula is C23H20ClFN4O. The lowest BCUT2D eigenvalue weighted by atomic mass is 9.82. The molecule has 1 unspecified atom stereocenters. The van der Waals surface area contributed by atoms with Crippen molar-refractivity contribution in [2.24, 2.45) is 11.7 Å². The SMILES string of the molecule is CC(C)Cc1ccc(-c2[nH]nc3c2C(c2c(F)cccc2Cl)C(C#N)=C(N)O3)cc1. The molecule has 0 aliphatic carbocycles. The Morgan fingerprint density at radius 2 is 1.97 bits per heavy atom. The van der Waals surface area contributed by atoms with Gasteiger partial charge in [0, 0.05) is 16.1 Å². The minimum atomic E-state index is -0.837. The Bertz CT molecular complexity index is 1150. The molecule has 0 radical (unpaired) electrons. The number of nitriles is 1. The molecule has 5 nitrogen and oxygen atoms in total. The summed E-state index contributed by atoms with van der Waals surface area (Å²) in [5.41, 5.74) is 9.44. The second-order valence-electron chi connectivity index (χ2n) is 7.67. The van der Waals surface area contributed by atoms with Gasteiger partial charge >= 0.3 is 0 Å². The van der Waals surface area contributed by atoms with E-state index in [1.165, 1.54) is 17.7 Å². The van der Waals surface area contributed by atoms with Crippen LogP contribution in [-0.2, 0) is 6.42 Å². The number of ether oxygens (including phenoxy) is 1. The van der Waals surface area contributed by atoms with E-state index in [0.29, 0.717) is 17.2 Å². The molecule has 30 heavy (non-hydrogen) atoms. The maximum absolute atomic E-state index is 14.9. The Labute approximate surface area is 178 Å². The number of nitrogens with zero attached hydrogens (tertiary/aromatic N) is 2. The maximum Gasteiger partial charge on any atom is 0.244 e. The van der Waals surface area contributed by atoms with Gasteiger partial charge in [-0.2, -0.15) is 5.26 Å². The first-order valence-electron chi connectivity index (χ1n) is 9.59. The van der Waals surface area contributed by atoms with Crippen molar-refractivity contribution in [3.05, 3.63) is 81.5 Å². The van der Waals surface area contributed by atoms with Gasteiger partial charge in [0.2, 0.25) is 11.8 Å².